The predicted octanol–water partition coefficient (Wildman–Crippen LogP) is 3.88. The minimum atomic E-state index is 0.625. The molecule has 2 aromatic rings. The number of aromatic nitrogens is 1. The van der Waals surface area contributed by atoms with Gasteiger partial charge in [0.15, 0.2) is 11.5 Å². The molecule has 0 amide bonds. The van der Waals surface area contributed by atoms with Gasteiger partial charge in [0, 0.05) is 12.7 Å². The summed E-state index contributed by atoms with van der Waals surface area (Å²) in [6, 6.07) is 11.8. The average Bonchev–Trinajstić information content (AvgIpc) is 2.53. The van der Waals surface area contributed by atoms with Crippen LogP contribution in [0.15, 0.2) is 42.6 Å². The van der Waals surface area contributed by atoms with Crippen LogP contribution in [-0.4, -0.2) is 18.2 Å². The van der Waals surface area contributed by atoms with Gasteiger partial charge in [0.25, 0.3) is 0 Å². The van der Waals surface area contributed by atoms with Crippen molar-refractivity contribution in [2.75, 3.05) is 18.5 Å². The van der Waals surface area contributed by atoms with Crippen molar-refractivity contribution in [2.24, 2.45) is 0 Å². The maximum atomic E-state index is 5.70. The van der Waals surface area contributed by atoms with Crippen LogP contribution in [0.3, 0.4) is 0 Å². The summed E-state index contributed by atoms with van der Waals surface area (Å²) in [5.41, 5.74) is 1.13. The highest BCUT2D eigenvalue weighted by atomic mass is 16.5. The Morgan fingerprint density at radius 3 is 2.67 bits per heavy atom. The van der Waals surface area contributed by atoms with Crippen LogP contribution in [0.2, 0.25) is 0 Å². The Bertz CT molecular complexity index is 544. The van der Waals surface area contributed by atoms with Gasteiger partial charge in [-0.3, -0.25) is 0 Å². The Kier molecular flexibility index (Phi) is 5.88. The topological polar surface area (TPSA) is 43.4 Å². The van der Waals surface area contributed by atoms with Crippen molar-refractivity contribution in [3.8, 4) is 11.5 Å². The van der Waals surface area contributed by atoms with Crippen molar-refractivity contribution < 1.29 is 9.47 Å². The van der Waals surface area contributed by atoms with E-state index >= 15 is 0 Å². The summed E-state index contributed by atoms with van der Waals surface area (Å²) in [5, 5.41) is 3.29. The number of ether oxygens (including phenoxy) is 2. The molecule has 4 heteroatoms. The molecule has 0 aliphatic rings. The zero-order valence-corrected chi connectivity index (χ0v) is 12.6. The van der Waals surface area contributed by atoms with Gasteiger partial charge in [-0.15, -0.1) is 0 Å². The van der Waals surface area contributed by atoms with Gasteiger partial charge in [-0.05, 0) is 43.2 Å². The summed E-state index contributed by atoms with van der Waals surface area (Å²) in [5.74, 6) is 2.47. The van der Waals surface area contributed by atoms with E-state index in [1.54, 1.807) is 6.20 Å². The minimum Gasteiger partial charge on any atom is -0.490 e. The van der Waals surface area contributed by atoms with Gasteiger partial charge in [0.05, 0.1) is 13.2 Å². The van der Waals surface area contributed by atoms with Gasteiger partial charge >= 0.3 is 0 Å². The first-order chi connectivity index (χ1) is 10.3. The summed E-state index contributed by atoms with van der Waals surface area (Å²) in [6.07, 6.45) is 2.75. The van der Waals surface area contributed by atoms with Gasteiger partial charge in [-0.25, -0.2) is 4.98 Å². The number of rotatable bonds is 8. The lowest BCUT2D eigenvalue weighted by molar-refractivity contribution is 0.276. The maximum absolute atomic E-state index is 5.70. The van der Waals surface area contributed by atoms with E-state index in [1.807, 2.05) is 43.3 Å². The standard InChI is InChI=1S/C17H22N2O2/c1-3-11-21-15-9-8-14(12-16(15)20-4-2)13-19-17-7-5-6-10-18-17/h5-10,12H,3-4,11,13H2,1-2H3,(H,18,19). The summed E-state index contributed by atoms with van der Waals surface area (Å²) in [6.45, 7) is 6.09. The Hall–Kier alpha value is -2.23. The normalized spacial score (nSPS) is 10.2. The molecule has 21 heavy (non-hydrogen) atoms. The van der Waals surface area contributed by atoms with Crippen LogP contribution in [0.5, 0.6) is 11.5 Å². The third-order valence-electron chi connectivity index (χ3n) is 2.91. The number of benzene rings is 1. The van der Waals surface area contributed by atoms with E-state index in [0.717, 1.165) is 29.3 Å². The van der Waals surface area contributed by atoms with Crippen molar-refractivity contribution in [2.45, 2.75) is 26.8 Å². The van der Waals surface area contributed by atoms with E-state index in [-0.39, 0.29) is 0 Å². The van der Waals surface area contributed by atoms with Gasteiger partial charge in [0.1, 0.15) is 5.82 Å². The Labute approximate surface area is 126 Å². The number of nitrogens with one attached hydrogen (secondary N) is 1. The molecule has 1 N–H and O–H groups in total. The van der Waals surface area contributed by atoms with Crippen LogP contribution in [0.25, 0.3) is 0 Å². The number of hydrogen-bond donors (Lipinski definition) is 1. The molecule has 0 fully saturated rings. The van der Waals surface area contributed by atoms with Crippen LogP contribution in [0.4, 0.5) is 5.82 Å². The highest BCUT2D eigenvalue weighted by Crippen LogP contribution is 2.29. The zero-order valence-electron chi connectivity index (χ0n) is 12.6. The molecule has 0 bridgehead atoms. The second kappa shape index (κ2) is 8.15. The fraction of sp³-hybridized carbons (Fsp3) is 0.353. The zero-order chi connectivity index (χ0) is 14.9. The van der Waals surface area contributed by atoms with Crippen LogP contribution >= 0.6 is 0 Å². The number of nitrogens with zero attached hydrogens (tertiary/aromatic N) is 1. The van der Waals surface area contributed by atoms with E-state index < -0.39 is 0 Å². The largest absolute Gasteiger partial charge is 0.490 e. The van der Waals surface area contributed by atoms with Crippen molar-refractivity contribution in [1.82, 2.24) is 4.98 Å². The fourth-order valence-corrected chi connectivity index (χ4v) is 1.92. The second-order valence-corrected chi connectivity index (χ2v) is 4.63. The summed E-state index contributed by atoms with van der Waals surface area (Å²) >= 11 is 0. The molecule has 0 unspecified atom stereocenters. The van der Waals surface area contributed by atoms with Crippen molar-refractivity contribution in [1.29, 1.82) is 0 Å². The molecule has 1 aromatic carbocycles. The molecule has 4 nitrogen and oxygen atoms in total. The van der Waals surface area contributed by atoms with Gasteiger partial charge in [-0.2, -0.15) is 0 Å². The predicted molar refractivity (Wildman–Crippen MR) is 85.0 cm³/mol. The van der Waals surface area contributed by atoms with E-state index in [1.165, 1.54) is 0 Å². The lowest BCUT2D eigenvalue weighted by Crippen LogP contribution is -2.04. The number of hydrogen-bond acceptors (Lipinski definition) is 4. The molecular formula is C17H22N2O2. The first-order valence-corrected chi connectivity index (χ1v) is 7.37. The molecule has 2 rings (SSSR count). The quantitative estimate of drug-likeness (QED) is 0.799. The summed E-state index contributed by atoms with van der Waals surface area (Å²) in [4.78, 5) is 4.24. The Balaban J connectivity index is 2.04. The molecule has 1 heterocycles. The third-order valence-corrected chi connectivity index (χ3v) is 2.91. The first-order valence-electron chi connectivity index (χ1n) is 7.37. The van der Waals surface area contributed by atoms with Crippen LogP contribution in [0.1, 0.15) is 25.8 Å². The molecular weight excluding hydrogens is 264 g/mol. The highest BCUT2D eigenvalue weighted by molar-refractivity contribution is 5.44. The molecule has 0 spiro atoms. The van der Waals surface area contributed by atoms with Gasteiger partial charge in [0.2, 0.25) is 0 Å². The maximum Gasteiger partial charge on any atom is 0.161 e. The highest BCUT2D eigenvalue weighted by Gasteiger charge is 2.06. The minimum absolute atomic E-state index is 0.625. The van der Waals surface area contributed by atoms with Crippen LogP contribution in [0, 0.1) is 0 Å². The summed E-state index contributed by atoms with van der Waals surface area (Å²) < 4.78 is 11.4. The van der Waals surface area contributed by atoms with Crippen molar-refractivity contribution in [3.63, 3.8) is 0 Å². The average molecular weight is 286 g/mol. The molecule has 0 radical (unpaired) electrons. The molecule has 112 valence electrons. The second-order valence-electron chi connectivity index (χ2n) is 4.63. The van der Waals surface area contributed by atoms with Gasteiger partial charge in [-0.1, -0.05) is 19.1 Å². The lowest BCUT2D eigenvalue weighted by Gasteiger charge is -2.13. The monoisotopic (exact) mass is 286 g/mol. The summed E-state index contributed by atoms with van der Waals surface area (Å²) in [7, 11) is 0. The third kappa shape index (κ3) is 4.67. The van der Waals surface area contributed by atoms with Crippen LogP contribution < -0.4 is 14.8 Å². The molecule has 0 atom stereocenters. The van der Waals surface area contributed by atoms with E-state index in [0.29, 0.717) is 19.8 Å². The first kappa shape index (κ1) is 15.2. The van der Waals surface area contributed by atoms with E-state index in [2.05, 4.69) is 17.2 Å². The molecule has 0 saturated heterocycles. The van der Waals surface area contributed by atoms with E-state index in [9.17, 15) is 0 Å². The molecule has 1 aromatic heterocycles. The van der Waals surface area contributed by atoms with Crippen LogP contribution in [-0.2, 0) is 6.54 Å². The molecule has 0 aliphatic carbocycles. The SMILES string of the molecule is CCCOc1ccc(CNc2ccccn2)cc1OCC. The molecule has 0 saturated carbocycles. The van der Waals surface area contributed by atoms with Gasteiger partial charge < -0.3 is 14.8 Å². The van der Waals surface area contributed by atoms with Crippen molar-refractivity contribution >= 4 is 5.82 Å². The lowest BCUT2D eigenvalue weighted by atomic mass is 10.2. The molecule has 0 aliphatic heterocycles. The van der Waals surface area contributed by atoms with E-state index in [4.69, 9.17) is 9.47 Å². The number of anilines is 1. The Morgan fingerprint density at radius 2 is 1.95 bits per heavy atom. The Morgan fingerprint density at radius 1 is 1.05 bits per heavy atom. The number of pyridine rings is 1. The van der Waals surface area contributed by atoms with Crippen molar-refractivity contribution in [3.05, 3.63) is 48.2 Å². The smallest absolute Gasteiger partial charge is 0.161 e. The fourth-order valence-electron chi connectivity index (χ4n) is 1.92.